The van der Waals surface area contributed by atoms with Crippen LogP contribution in [0.5, 0.6) is 0 Å². The van der Waals surface area contributed by atoms with Crippen molar-refractivity contribution in [3.05, 3.63) is 123 Å². The summed E-state index contributed by atoms with van der Waals surface area (Å²) in [6.07, 6.45) is 1.62. The Morgan fingerprint density at radius 2 is 1.68 bits per heavy atom. The lowest BCUT2D eigenvalue weighted by atomic mass is 10.0. The molecule has 0 radical (unpaired) electrons. The third-order valence-corrected chi connectivity index (χ3v) is 6.96. The van der Waals surface area contributed by atoms with E-state index in [0.29, 0.717) is 22.0 Å². The van der Waals surface area contributed by atoms with Crippen molar-refractivity contribution >= 4 is 28.5 Å². The summed E-state index contributed by atoms with van der Waals surface area (Å²) in [5, 5.41) is 7.79. The van der Waals surface area contributed by atoms with E-state index >= 15 is 0 Å². The molecule has 188 valence electrons. The van der Waals surface area contributed by atoms with Crippen LogP contribution < -0.4 is 5.56 Å². The molecule has 3 heterocycles. The highest BCUT2D eigenvalue weighted by Crippen LogP contribution is 2.34. The SMILES string of the molecule is O=C(c1cc(Cc2n[nH]c(=O)c3ccccc23)ccc1F)N1C=C2C(=O)N(Cc3ccccc3)C(=O)C2C1. The number of rotatable bonds is 5. The minimum absolute atomic E-state index is 0.0280. The first-order valence-electron chi connectivity index (χ1n) is 12.1. The molecule has 6 rings (SSSR count). The van der Waals surface area contributed by atoms with Crippen molar-refractivity contribution in [2.75, 3.05) is 6.54 Å². The summed E-state index contributed by atoms with van der Waals surface area (Å²) in [6, 6.07) is 20.4. The Hall–Kier alpha value is -4.92. The molecule has 1 unspecified atom stereocenters. The number of hydrogen-bond donors (Lipinski definition) is 1. The van der Waals surface area contributed by atoms with E-state index in [1.807, 2.05) is 30.3 Å². The van der Waals surface area contributed by atoms with Crippen LogP contribution in [0.4, 0.5) is 4.39 Å². The molecule has 0 aliphatic carbocycles. The zero-order chi connectivity index (χ0) is 26.4. The minimum atomic E-state index is -0.766. The predicted molar refractivity (Wildman–Crippen MR) is 136 cm³/mol. The third kappa shape index (κ3) is 3.98. The smallest absolute Gasteiger partial charge is 0.272 e. The molecule has 1 atom stereocenters. The Kier molecular flexibility index (Phi) is 5.68. The monoisotopic (exact) mass is 508 g/mol. The second-order valence-corrected chi connectivity index (χ2v) is 9.35. The van der Waals surface area contributed by atoms with E-state index in [0.717, 1.165) is 5.56 Å². The number of amides is 3. The van der Waals surface area contributed by atoms with E-state index < -0.39 is 23.5 Å². The Balaban J connectivity index is 1.24. The molecule has 0 spiro atoms. The van der Waals surface area contributed by atoms with Crippen LogP contribution in [0.3, 0.4) is 0 Å². The summed E-state index contributed by atoms with van der Waals surface area (Å²) in [6.45, 7) is 0.129. The molecule has 38 heavy (non-hydrogen) atoms. The van der Waals surface area contributed by atoms with Crippen molar-refractivity contribution in [2.24, 2.45) is 5.92 Å². The number of nitrogens with zero attached hydrogens (tertiary/aromatic N) is 3. The zero-order valence-electron chi connectivity index (χ0n) is 20.1. The molecule has 3 amide bonds. The molecule has 1 saturated heterocycles. The number of imide groups is 1. The number of carbonyl (C=O) groups is 3. The molecule has 2 aliphatic heterocycles. The number of hydrogen-bond acceptors (Lipinski definition) is 5. The largest absolute Gasteiger partial charge is 0.313 e. The second kappa shape index (κ2) is 9.19. The third-order valence-electron chi connectivity index (χ3n) is 6.96. The molecule has 0 bridgehead atoms. The number of carbonyl (C=O) groups excluding carboxylic acids is 3. The summed E-state index contributed by atoms with van der Waals surface area (Å²) < 4.78 is 14.8. The Labute approximate surface area is 216 Å². The Morgan fingerprint density at radius 3 is 2.45 bits per heavy atom. The van der Waals surface area contributed by atoms with Gasteiger partial charge in [-0.3, -0.25) is 24.1 Å². The number of halogens is 1. The first-order chi connectivity index (χ1) is 18.4. The standard InChI is InChI=1S/C29H21FN4O4/c30-24-11-10-18(13-25-19-8-4-5-9-20(19)26(35)32-31-25)12-21(24)27(36)33-15-22-23(16-33)29(38)34(28(22)37)14-17-6-2-1-3-7-17/h1-12,15,23H,13-14,16H2,(H,32,35). The van der Waals surface area contributed by atoms with Crippen LogP contribution in [0.15, 0.2) is 89.4 Å². The molecule has 0 saturated carbocycles. The summed E-state index contributed by atoms with van der Waals surface area (Å²) in [5.74, 6) is -2.93. The fourth-order valence-corrected chi connectivity index (χ4v) is 5.02. The lowest BCUT2D eigenvalue weighted by Gasteiger charge is -2.19. The Morgan fingerprint density at radius 1 is 0.947 bits per heavy atom. The Bertz CT molecular complexity index is 1710. The summed E-state index contributed by atoms with van der Waals surface area (Å²) in [5.41, 5.74) is 1.78. The average molecular weight is 509 g/mol. The fraction of sp³-hybridized carbons (Fsp3) is 0.138. The van der Waals surface area contributed by atoms with E-state index in [1.54, 1.807) is 30.3 Å². The van der Waals surface area contributed by atoms with Crippen LogP contribution in [-0.2, 0) is 22.6 Å². The first kappa shape index (κ1) is 23.5. The molecule has 1 N–H and O–H groups in total. The number of nitrogens with one attached hydrogen (secondary N) is 1. The number of fused-ring (bicyclic) bond motifs is 2. The van der Waals surface area contributed by atoms with Gasteiger partial charge in [-0.05, 0) is 29.3 Å². The van der Waals surface area contributed by atoms with E-state index in [2.05, 4.69) is 10.2 Å². The van der Waals surface area contributed by atoms with Gasteiger partial charge in [0.05, 0.1) is 29.1 Å². The summed E-state index contributed by atoms with van der Waals surface area (Å²) in [4.78, 5) is 53.7. The fourth-order valence-electron chi connectivity index (χ4n) is 5.02. The van der Waals surface area contributed by atoms with Crippen molar-refractivity contribution in [1.82, 2.24) is 20.0 Å². The highest BCUT2D eigenvalue weighted by Gasteiger charge is 2.48. The van der Waals surface area contributed by atoms with Gasteiger partial charge in [-0.25, -0.2) is 9.49 Å². The topological polar surface area (TPSA) is 103 Å². The lowest BCUT2D eigenvalue weighted by molar-refractivity contribution is -0.139. The van der Waals surface area contributed by atoms with Gasteiger partial charge in [0, 0.05) is 30.1 Å². The number of benzene rings is 3. The highest BCUT2D eigenvalue weighted by atomic mass is 19.1. The quantitative estimate of drug-likeness (QED) is 0.417. The minimum Gasteiger partial charge on any atom is -0.313 e. The van der Waals surface area contributed by atoms with Gasteiger partial charge in [0.2, 0.25) is 5.91 Å². The normalized spacial score (nSPS) is 16.8. The van der Waals surface area contributed by atoms with Crippen molar-refractivity contribution in [2.45, 2.75) is 13.0 Å². The molecule has 2 aliphatic rings. The molecule has 3 aromatic carbocycles. The number of aromatic amines is 1. The summed E-state index contributed by atoms with van der Waals surface area (Å²) >= 11 is 0. The molecule has 1 aromatic heterocycles. The molecular formula is C29H21FN4O4. The number of aromatic nitrogens is 2. The van der Waals surface area contributed by atoms with E-state index in [-0.39, 0.29) is 42.1 Å². The van der Waals surface area contributed by atoms with Crippen molar-refractivity contribution in [3.63, 3.8) is 0 Å². The van der Waals surface area contributed by atoms with Crippen LogP contribution in [0, 0.1) is 11.7 Å². The van der Waals surface area contributed by atoms with E-state index in [9.17, 15) is 23.6 Å². The molecule has 4 aromatic rings. The van der Waals surface area contributed by atoms with Gasteiger partial charge in [0.15, 0.2) is 0 Å². The number of H-pyrrole nitrogens is 1. The van der Waals surface area contributed by atoms with Gasteiger partial charge >= 0.3 is 0 Å². The van der Waals surface area contributed by atoms with Crippen molar-refractivity contribution in [3.8, 4) is 0 Å². The van der Waals surface area contributed by atoms with Crippen LogP contribution in [-0.4, -0.2) is 44.3 Å². The molecule has 8 nitrogen and oxygen atoms in total. The maximum atomic E-state index is 14.8. The van der Waals surface area contributed by atoms with Gasteiger partial charge < -0.3 is 4.90 Å². The summed E-state index contributed by atoms with van der Waals surface area (Å²) in [7, 11) is 0. The van der Waals surface area contributed by atoms with E-state index in [4.69, 9.17) is 0 Å². The molecule has 1 fully saturated rings. The van der Waals surface area contributed by atoms with Gasteiger partial charge in [0.1, 0.15) is 5.82 Å². The van der Waals surface area contributed by atoms with Gasteiger partial charge in [-0.1, -0.05) is 54.6 Å². The maximum Gasteiger partial charge on any atom is 0.272 e. The first-order valence-corrected chi connectivity index (χ1v) is 12.1. The second-order valence-electron chi connectivity index (χ2n) is 9.35. The van der Waals surface area contributed by atoms with Crippen LogP contribution in [0.25, 0.3) is 10.8 Å². The van der Waals surface area contributed by atoms with E-state index in [1.165, 1.54) is 28.1 Å². The van der Waals surface area contributed by atoms with Crippen LogP contribution in [0.2, 0.25) is 0 Å². The van der Waals surface area contributed by atoms with Crippen LogP contribution in [0.1, 0.15) is 27.2 Å². The lowest BCUT2D eigenvalue weighted by Crippen LogP contribution is -2.35. The number of likely N-dealkylation sites (tertiary alicyclic amines) is 1. The predicted octanol–water partition coefficient (Wildman–Crippen LogP) is 3.18. The van der Waals surface area contributed by atoms with Gasteiger partial charge in [-0.15, -0.1) is 0 Å². The molecule has 9 heteroatoms. The average Bonchev–Trinajstić information content (AvgIpc) is 3.47. The highest BCUT2D eigenvalue weighted by molar-refractivity contribution is 6.16. The van der Waals surface area contributed by atoms with Crippen molar-refractivity contribution in [1.29, 1.82) is 0 Å². The maximum absolute atomic E-state index is 14.8. The van der Waals surface area contributed by atoms with Crippen molar-refractivity contribution < 1.29 is 18.8 Å². The molecular weight excluding hydrogens is 487 g/mol. The van der Waals surface area contributed by atoms with Gasteiger partial charge in [0.25, 0.3) is 17.4 Å². The van der Waals surface area contributed by atoms with Gasteiger partial charge in [-0.2, -0.15) is 5.10 Å². The van der Waals surface area contributed by atoms with Crippen LogP contribution >= 0.6 is 0 Å². The zero-order valence-corrected chi connectivity index (χ0v) is 20.1.